The summed E-state index contributed by atoms with van der Waals surface area (Å²) in [7, 11) is 0. The summed E-state index contributed by atoms with van der Waals surface area (Å²) in [6.45, 7) is 2.65. The summed E-state index contributed by atoms with van der Waals surface area (Å²) in [5.74, 6) is -0.323. The van der Waals surface area contributed by atoms with Gasteiger partial charge in [-0.05, 0) is 24.6 Å². The predicted octanol–water partition coefficient (Wildman–Crippen LogP) is 3.29. The van der Waals surface area contributed by atoms with Gasteiger partial charge >= 0.3 is 0 Å². The first-order valence-electron chi connectivity index (χ1n) is 8.17. The SMILES string of the molecule is CCNc1nc2[nH]c(=O)c3c(c2s1)OC(N)=C(C#N)[C@@H]3c1ccc(Cl)cc1. The maximum atomic E-state index is 12.9. The molecule has 136 valence electrons. The Bertz CT molecular complexity index is 1170. The van der Waals surface area contributed by atoms with Gasteiger partial charge in [0.1, 0.15) is 16.3 Å². The van der Waals surface area contributed by atoms with Crippen LogP contribution in [0.3, 0.4) is 0 Å². The number of rotatable bonds is 3. The number of anilines is 1. The van der Waals surface area contributed by atoms with Gasteiger partial charge in [-0.25, -0.2) is 4.98 Å². The van der Waals surface area contributed by atoms with E-state index in [1.807, 2.05) is 6.92 Å². The summed E-state index contributed by atoms with van der Waals surface area (Å²) < 4.78 is 6.39. The Morgan fingerprint density at radius 3 is 2.85 bits per heavy atom. The van der Waals surface area contributed by atoms with Gasteiger partial charge in [0.25, 0.3) is 5.56 Å². The van der Waals surface area contributed by atoms with E-state index >= 15 is 0 Å². The lowest BCUT2D eigenvalue weighted by Gasteiger charge is -2.25. The van der Waals surface area contributed by atoms with Crippen LogP contribution < -0.4 is 21.3 Å². The van der Waals surface area contributed by atoms with Crippen molar-refractivity contribution in [3.63, 3.8) is 0 Å². The van der Waals surface area contributed by atoms with Crippen LogP contribution in [0.5, 0.6) is 5.75 Å². The first-order valence-corrected chi connectivity index (χ1v) is 9.36. The summed E-state index contributed by atoms with van der Waals surface area (Å²) >= 11 is 7.34. The van der Waals surface area contributed by atoms with Crippen molar-refractivity contribution in [2.24, 2.45) is 5.73 Å². The van der Waals surface area contributed by atoms with Crippen LogP contribution in [0.4, 0.5) is 5.13 Å². The first-order chi connectivity index (χ1) is 13.0. The van der Waals surface area contributed by atoms with Crippen molar-refractivity contribution in [3.05, 3.63) is 62.2 Å². The van der Waals surface area contributed by atoms with Crippen LogP contribution in [0.1, 0.15) is 24.0 Å². The number of fused-ring (bicyclic) bond motifs is 3. The van der Waals surface area contributed by atoms with E-state index in [1.54, 1.807) is 24.3 Å². The van der Waals surface area contributed by atoms with E-state index in [2.05, 4.69) is 21.4 Å². The van der Waals surface area contributed by atoms with Crippen LogP contribution >= 0.6 is 22.9 Å². The Morgan fingerprint density at radius 2 is 2.19 bits per heavy atom. The van der Waals surface area contributed by atoms with Gasteiger partial charge in [-0.1, -0.05) is 35.1 Å². The molecule has 0 saturated heterocycles. The van der Waals surface area contributed by atoms with E-state index in [0.29, 0.717) is 38.4 Å². The molecule has 9 heteroatoms. The zero-order chi connectivity index (χ0) is 19.1. The van der Waals surface area contributed by atoms with E-state index < -0.39 is 5.92 Å². The average molecular weight is 400 g/mol. The van der Waals surface area contributed by atoms with E-state index in [9.17, 15) is 10.1 Å². The molecule has 0 aliphatic carbocycles. The molecule has 2 aromatic heterocycles. The molecule has 1 aromatic carbocycles. The molecule has 0 radical (unpaired) electrons. The van der Waals surface area contributed by atoms with Gasteiger partial charge in [0, 0.05) is 11.6 Å². The number of H-pyrrole nitrogens is 1. The number of aromatic nitrogens is 2. The fourth-order valence-corrected chi connectivity index (χ4v) is 4.22. The molecule has 4 N–H and O–H groups in total. The highest BCUT2D eigenvalue weighted by molar-refractivity contribution is 7.22. The molecule has 7 nitrogen and oxygen atoms in total. The fraction of sp³-hybridized carbons (Fsp3) is 0.167. The normalized spacial score (nSPS) is 16.0. The standard InChI is InChI=1S/C18H14ClN5O2S/c1-2-22-18-24-16-14(27-18)13-12(17(25)23-16)11(10(7-20)15(21)26-13)8-3-5-9(19)6-4-8/h3-6,11H,2,21H2,1H3,(H2,22,23,24,25)/t11-/m0/s1. The van der Waals surface area contributed by atoms with Gasteiger partial charge in [-0.15, -0.1) is 0 Å². The summed E-state index contributed by atoms with van der Waals surface area (Å²) in [5, 5.41) is 14.0. The van der Waals surface area contributed by atoms with E-state index in [-0.39, 0.29) is 17.0 Å². The number of hydrogen-bond acceptors (Lipinski definition) is 7. The number of hydrogen-bond donors (Lipinski definition) is 3. The van der Waals surface area contributed by atoms with E-state index in [4.69, 9.17) is 22.1 Å². The largest absolute Gasteiger partial charge is 0.438 e. The second kappa shape index (κ2) is 6.61. The molecule has 3 aromatic rings. The molecule has 27 heavy (non-hydrogen) atoms. The lowest BCUT2D eigenvalue weighted by atomic mass is 9.84. The highest BCUT2D eigenvalue weighted by Crippen LogP contribution is 2.45. The quantitative estimate of drug-likeness (QED) is 0.622. The molecule has 1 aliphatic heterocycles. The Labute approximate surface area is 163 Å². The van der Waals surface area contributed by atoms with E-state index in [1.165, 1.54) is 11.3 Å². The molecule has 0 fully saturated rings. The summed E-state index contributed by atoms with van der Waals surface area (Å²) in [5.41, 5.74) is 7.33. The third kappa shape index (κ3) is 2.81. The van der Waals surface area contributed by atoms with Crippen LogP contribution in [-0.2, 0) is 0 Å². The third-order valence-electron chi connectivity index (χ3n) is 4.26. The zero-order valence-electron chi connectivity index (χ0n) is 14.2. The number of halogens is 1. The molecule has 0 saturated carbocycles. The fourth-order valence-electron chi connectivity index (χ4n) is 3.11. The number of aromatic amines is 1. The Hall–Kier alpha value is -3.02. The second-order valence-corrected chi connectivity index (χ2v) is 7.34. The number of nitrogens with zero attached hydrogens (tertiary/aromatic N) is 2. The number of allylic oxidation sites excluding steroid dienone is 1. The van der Waals surface area contributed by atoms with Crippen molar-refractivity contribution in [1.82, 2.24) is 9.97 Å². The first kappa shape index (κ1) is 17.4. The number of pyridine rings is 1. The topological polar surface area (TPSA) is 117 Å². The molecule has 0 bridgehead atoms. The average Bonchev–Trinajstić information content (AvgIpc) is 3.04. The van der Waals surface area contributed by atoms with Gasteiger partial charge in [0.15, 0.2) is 16.5 Å². The monoisotopic (exact) mass is 399 g/mol. The molecule has 3 heterocycles. The van der Waals surface area contributed by atoms with Crippen molar-refractivity contribution >= 4 is 38.4 Å². The van der Waals surface area contributed by atoms with Gasteiger partial charge in [0.05, 0.1) is 11.5 Å². The lowest BCUT2D eigenvalue weighted by molar-refractivity contribution is 0.397. The minimum Gasteiger partial charge on any atom is -0.438 e. The Kier molecular flexibility index (Phi) is 4.26. The van der Waals surface area contributed by atoms with Gasteiger partial charge < -0.3 is 20.8 Å². The molecule has 1 aliphatic rings. The Morgan fingerprint density at radius 1 is 1.44 bits per heavy atom. The number of nitrogens with two attached hydrogens (primary N) is 1. The van der Waals surface area contributed by atoms with Crippen LogP contribution in [0, 0.1) is 11.3 Å². The number of nitrogens with one attached hydrogen (secondary N) is 2. The van der Waals surface area contributed by atoms with Crippen LogP contribution in [0.25, 0.3) is 10.3 Å². The second-order valence-electron chi connectivity index (χ2n) is 5.90. The highest BCUT2D eigenvalue weighted by Gasteiger charge is 2.35. The van der Waals surface area contributed by atoms with Crippen LogP contribution in [0.15, 0.2) is 40.5 Å². The Balaban J connectivity index is 2.01. The molecular weight excluding hydrogens is 386 g/mol. The number of nitriles is 1. The van der Waals surface area contributed by atoms with Crippen LogP contribution in [-0.4, -0.2) is 16.5 Å². The summed E-state index contributed by atoms with van der Waals surface area (Å²) in [6.07, 6.45) is 0. The van der Waals surface area contributed by atoms with Gasteiger partial charge in [-0.2, -0.15) is 5.26 Å². The third-order valence-corrected chi connectivity index (χ3v) is 5.53. The van der Waals surface area contributed by atoms with Crippen molar-refractivity contribution in [2.75, 3.05) is 11.9 Å². The maximum Gasteiger partial charge on any atom is 0.257 e. The summed E-state index contributed by atoms with van der Waals surface area (Å²) in [4.78, 5) is 20.0. The van der Waals surface area contributed by atoms with Crippen molar-refractivity contribution in [3.8, 4) is 11.8 Å². The predicted molar refractivity (Wildman–Crippen MR) is 105 cm³/mol. The minimum atomic E-state index is -0.645. The van der Waals surface area contributed by atoms with Crippen molar-refractivity contribution in [1.29, 1.82) is 5.26 Å². The minimum absolute atomic E-state index is 0.0183. The summed E-state index contributed by atoms with van der Waals surface area (Å²) in [6, 6.07) is 9.04. The van der Waals surface area contributed by atoms with Gasteiger partial charge in [0.2, 0.25) is 5.88 Å². The van der Waals surface area contributed by atoms with E-state index in [0.717, 1.165) is 5.56 Å². The molecular formula is C18H14ClN5O2S. The highest BCUT2D eigenvalue weighted by atomic mass is 35.5. The number of benzene rings is 1. The number of ether oxygens (including phenoxy) is 1. The molecule has 0 amide bonds. The lowest BCUT2D eigenvalue weighted by Crippen LogP contribution is -2.27. The molecule has 0 spiro atoms. The molecule has 4 rings (SSSR count). The smallest absolute Gasteiger partial charge is 0.257 e. The molecule has 1 atom stereocenters. The zero-order valence-corrected chi connectivity index (χ0v) is 15.7. The van der Waals surface area contributed by atoms with Crippen molar-refractivity contribution in [2.45, 2.75) is 12.8 Å². The van der Waals surface area contributed by atoms with Crippen molar-refractivity contribution < 1.29 is 4.74 Å². The number of thiazole rings is 1. The maximum absolute atomic E-state index is 12.9. The molecule has 0 unspecified atom stereocenters. The van der Waals surface area contributed by atoms with Gasteiger partial charge in [-0.3, -0.25) is 4.79 Å². The van der Waals surface area contributed by atoms with Crippen LogP contribution in [0.2, 0.25) is 5.02 Å².